The molecule has 2 rings (SSSR count). The lowest BCUT2D eigenvalue weighted by molar-refractivity contribution is -0.384. The summed E-state index contributed by atoms with van der Waals surface area (Å²) in [7, 11) is 0. The Morgan fingerprint density at radius 1 is 1.24 bits per heavy atom. The van der Waals surface area contributed by atoms with E-state index in [4.69, 9.17) is 4.74 Å². The predicted molar refractivity (Wildman–Crippen MR) is 93.6 cm³/mol. The Hall–Kier alpha value is -3.07. The molecule has 0 saturated heterocycles. The van der Waals surface area contributed by atoms with Crippen LogP contribution in [0.1, 0.15) is 22.8 Å². The lowest BCUT2D eigenvalue weighted by atomic mass is 10.2. The quantitative estimate of drug-likeness (QED) is 0.270. The van der Waals surface area contributed by atoms with Gasteiger partial charge in [0.25, 0.3) is 11.6 Å². The number of non-ortho nitro benzene ring substituents is 1. The zero-order chi connectivity index (χ0) is 18.4. The molecule has 0 aliphatic heterocycles. The zero-order valence-corrected chi connectivity index (χ0v) is 14.5. The van der Waals surface area contributed by atoms with Crippen molar-refractivity contribution in [2.75, 3.05) is 0 Å². The van der Waals surface area contributed by atoms with Crippen LogP contribution in [-0.4, -0.2) is 23.0 Å². The van der Waals surface area contributed by atoms with E-state index in [1.165, 1.54) is 37.4 Å². The largest absolute Gasteiger partial charge is 0.426 e. The number of benzene rings is 2. The van der Waals surface area contributed by atoms with E-state index in [-0.39, 0.29) is 11.3 Å². The van der Waals surface area contributed by atoms with Gasteiger partial charge in [-0.15, -0.1) is 0 Å². The number of carbonyl (C=O) groups excluding carboxylic acids is 2. The molecule has 2 aromatic carbocycles. The normalized spacial score (nSPS) is 10.5. The molecule has 0 aliphatic carbocycles. The Balaban J connectivity index is 2.00. The Bertz CT molecular complexity index is 849. The van der Waals surface area contributed by atoms with Gasteiger partial charge in [-0.3, -0.25) is 19.7 Å². The molecule has 0 aliphatic rings. The molecule has 0 spiro atoms. The second-order valence-electron chi connectivity index (χ2n) is 4.79. The van der Waals surface area contributed by atoms with Crippen molar-refractivity contribution in [3.05, 3.63) is 68.2 Å². The summed E-state index contributed by atoms with van der Waals surface area (Å²) >= 11 is 3.27. The standard InChI is InChI=1S/C16H12BrN3O5/c1-10(21)25-15-7-2-11(8-14(15)17)9-18-19-16(22)12-3-5-13(6-4-12)20(23)24/h2-9H,1H3,(H,19,22)/b18-9-. The van der Waals surface area contributed by atoms with Crippen molar-refractivity contribution < 1.29 is 19.2 Å². The number of carbonyl (C=O) groups is 2. The Morgan fingerprint density at radius 3 is 2.48 bits per heavy atom. The van der Waals surface area contributed by atoms with E-state index in [9.17, 15) is 19.7 Å². The van der Waals surface area contributed by atoms with Crippen LogP contribution in [0.2, 0.25) is 0 Å². The number of nitro benzene ring substituents is 1. The first-order valence-electron chi connectivity index (χ1n) is 6.92. The third-order valence-corrected chi connectivity index (χ3v) is 3.55. The van der Waals surface area contributed by atoms with Gasteiger partial charge in [0.05, 0.1) is 15.6 Å². The fourth-order valence-corrected chi connectivity index (χ4v) is 2.28. The number of rotatable bonds is 5. The van der Waals surface area contributed by atoms with E-state index < -0.39 is 16.8 Å². The van der Waals surface area contributed by atoms with Gasteiger partial charge in [0, 0.05) is 24.6 Å². The number of nitrogens with one attached hydrogen (secondary N) is 1. The number of hydrazone groups is 1. The number of nitro groups is 1. The lowest BCUT2D eigenvalue weighted by Gasteiger charge is -2.04. The second-order valence-corrected chi connectivity index (χ2v) is 5.64. The SMILES string of the molecule is CC(=O)Oc1ccc(/C=N\NC(=O)c2ccc([N+](=O)[O-])cc2)cc1Br. The van der Waals surface area contributed by atoms with E-state index in [2.05, 4.69) is 26.5 Å². The van der Waals surface area contributed by atoms with Crippen LogP contribution in [0, 0.1) is 10.1 Å². The van der Waals surface area contributed by atoms with Gasteiger partial charge in [-0.2, -0.15) is 5.10 Å². The number of esters is 1. The van der Waals surface area contributed by atoms with Crippen LogP contribution in [0.15, 0.2) is 52.0 Å². The maximum Gasteiger partial charge on any atom is 0.308 e. The van der Waals surface area contributed by atoms with Gasteiger partial charge < -0.3 is 4.74 Å². The monoisotopic (exact) mass is 405 g/mol. The summed E-state index contributed by atoms with van der Waals surface area (Å²) in [6, 6.07) is 10.1. The van der Waals surface area contributed by atoms with Crippen molar-refractivity contribution in [1.29, 1.82) is 0 Å². The minimum Gasteiger partial charge on any atom is -0.426 e. The van der Waals surface area contributed by atoms with Crippen LogP contribution < -0.4 is 10.2 Å². The van der Waals surface area contributed by atoms with Gasteiger partial charge in [0.2, 0.25) is 0 Å². The van der Waals surface area contributed by atoms with Gasteiger partial charge in [-0.05, 0) is 51.8 Å². The molecular formula is C16H12BrN3O5. The third-order valence-electron chi connectivity index (χ3n) is 2.93. The van der Waals surface area contributed by atoms with Crippen LogP contribution in [0.5, 0.6) is 5.75 Å². The minimum absolute atomic E-state index is 0.0993. The highest BCUT2D eigenvalue weighted by Gasteiger charge is 2.08. The summed E-state index contributed by atoms with van der Waals surface area (Å²) in [5, 5.41) is 14.4. The Labute approximate surface area is 150 Å². The van der Waals surface area contributed by atoms with Gasteiger partial charge in [-0.25, -0.2) is 5.43 Å². The molecule has 2 aromatic rings. The highest BCUT2D eigenvalue weighted by molar-refractivity contribution is 9.10. The predicted octanol–water partition coefficient (Wildman–Crippen LogP) is 3.05. The molecule has 8 nitrogen and oxygen atoms in total. The molecule has 0 saturated carbocycles. The fourth-order valence-electron chi connectivity index (χ4n) is 1.80. The first-order chi connectivity index (χ1) is 11.9. The Kier molecular flexibility index (Phi) is 5.96. The van der Waals surface area contributed by atoms with Crippen LogP contribution in [0.4, 0.5) is 5.69 Å². The molecular weight excluding hydrogens is 394 g/mol. The molecule has 128 valence electrons. The fraction of sp³-hybridized carbons (Fsp3) is 0.0625. The average Bonchev–Trinajstić information content (AvgIpc) is 2.57. The van der Waals surface area contributed by atoms with Crippen molar-refractivity contribution in [1.82, 2.24) is 5.43 Å². The summed E-state index contributed by atoms with van der Waals surface area (Å²) in [5.41, 5.74) is 3.13. The maximum atomic E-state index is 11.9. The van der Waals surface area contributed by atoms with Crippen LogP contribution in [-0.2, 0) is 4.79 Å². The molecule has 25 heavy (non-hydrogen) atoms. The molecule has 1 amide bonds. The van der Waals surface area contributed by atoms with Crippen LogP contribution in [0.25, 0.3) is 0 Å². The molecule has 0 heterocycles. The highest BCUT2D eigenvalue weighted by atomic mass is 79.9. The van der Waals surface area contributed by atoms with Crippen molar-refractivity contribution in [2.24, 2.45) is 5.10 Å². The van der Waals surface area contributed by atoms with Gasteiger partial charge in [0.1, 0.15) is 5.75 Å². The Morgan fingerprint density at radius 2 is 1.92 bits per heavy atom. The number of nitrogens with zero attached hydrogens (tertiary/aromatic N) is 2. The van der Waals surface area contributed by atoms with E-state index in [0.717, 1.165) is 0 Å². The number of amides is 1. The second kappa shape index (κ2) is 8.15. The summed E-state index contributed by atoms with van der Waals surface area (Å²) in [5.74, 6) is -0.557. The van der Waals surface area contributed by atoms with Gasteiger partial charge in [-0.1, -0.05) is 0 Å². The zero-order valence-electron chi connectivity index (χ0n) is 12.9. The summed E-state index contributed by atoms with van der Waals surface area (Å²) in [6.07, 6.45) is 1.41. The third kappa shape index (κ3) is 5.21. The molecule has 1 N–H and O–H groups in total. The molecule has 9 heteroatoms. The first kappa shape index (κ1) is 18.3. The summed E-state index contributed by atoms with van der Waals surface area (Å²) < 4.78 is 5.54. The van der Waals surface area contributed by atoms with Crippen molar-refractivity contribution in [3.8, 4) is 5.75 Å². The van der Waals surface area contributed by atoms with Gasteiger partial charge >= 0.3 is 5.97 Å². The van der Waals surface area contributed by atoms with E-state index >= 15 is 0 Å². The number of hydrogen-bond acceptors (Lipinski definition) is 6. The van der Waals surface area contributed by atoms with Crippen LogP contribution >= 0.6 is 15.9 Å². The van der Waals surface area contributed by atoms with Crippen molar-refractivity contribution in [2.45, 2.75) is 6.92 Å². The van der Waals surface area contributed by atoms with E-state index in [1.54, 1.807) is 18.2 Å². The number of ether oxygens (including phenoxy) is 1. The maximum absolute atomic E-state index is 11.9. The molecule has 0 atom stereocenters. The van der Waals surface area contributed by atoms with Crippen molar-refractivity contribution >= 4 is 39.7 Å². The molecule has 0 fully saturated rings. The lowest BCUT2D eigenvalue weighted by Crippen LogP contribution is -2.17. The van der Waals surface area contributed by atoms with E-state index in [1.807, 2.05) is 0 Å². The number of hydrogen-bond donors (Lipinski definition) is 1. The average molecular weight is 406 g/mol. The van der Waals surface area contributed by atoms with Crippen molar-refractivity contribution in [3.63, 3.8) is 0 Å². The molecule has 0 unspecified atom stereocenters. The van der Waals surface area contributed by atoms with Gasteiger partial charge in [0.15, 0.2) is 0 Å². The molecule has 0 aromatic heterocycles. The topological polar surface area (TPSA) is 111 Å². The summed E-state index contributed by atoms with van der Waals surface area (Å²) in [4.78, 5) is 32.9. The minimum atomic E-state index is -0.544. The molecule has 0 radical (unpaired) electrons. The van der Waals surface area contributed by atoms with Crippen LogP contribution in [0.3, 0.4) is 0 Å². The van der Waals surface area contributed by atoms with E-state index in [0.29, 0.717) is 15.8 Å². The first-order valence-corrected chi connectivity index (χ1v) is 7.72. The summed E-state index contributed by atoms with van der Waals surface area (Å²) in [6.45, 7) is 1.30. The smallest absolute Gasteiger partial charge is 0.308 e. The highest BCUT2D eigenvalue weighted by Crippen LogP contribution is 2.25. The number of halogens is 1. The molecule has 0 bridgehead atoms.